The second kappa shape index (κ2) is 5.68. The van der Waals surface area contributed by atoms with Crippen LogP contribution in [0, 0.1) is 0 Å². The zero-order chi connectivity index (χ0) is 13.0. The molecule has 0 saturated carbocycles. The molecule has 5 heteroatoms. The molecule has 1 aromatic rings. The van der Waals surface area contributed by atoms with E-state index in [0.717, 1.165) is 0 Å². The average molecular weight is 257 g/mol. The fourth-order valence-electron chi connectivity index (χ4n) is 1.51. The molecule has 0 bridgehead atoms. The van der Waals surface area contributed by atoms with Gasteiger partial charge in [0.15, 0.2) is 0 Å². The van der Waals surface area contributed by atoms with Crippen molar-refractivity contribution in [3.8, 4) is 5.75 Å². The summed E-state index contributed by atoms with van der Waals surface area (Å²) in [4.78, 5) is 22.7. The van der Waals surface area contributed by atoms with E-state index in [1.54, 1.807) is 19.1 Å². The zero-order valence-electron chi connectivity index (χ0n) is 9.82. The van der Waals surface area contributed by atoms with E-state index in [1.807, 2.05) is 0 Å². The fraction of sp³-hybridized carbons (Fsp3) is 0.333. The smallest absolute Gasteiger partial charge is 0.312 e. The molecule has 1 aromatic carbocycles. The molecule has 0 aromatic heterocycles. The highest BCUT2D eigenvalue weighted by Gasteiger charge is 2.22. The monoisotopic (exact) mass is 256 g/mol. The number of methoxy groups -OCH3 is 2. The van der Waals surface area contributed by atoms with Crippen LogP contribution >= 0.6 is 11.6 Å². The minimum atomic E-state index is -0.613. The molecular weight excluding hydrogens is 244 g/mol. The van der Waals surface area contributed by atoms with Gasteiger partial charge in [-0.2, -0.15) is 0 Å². The minimum Gasteiger partial charge on any atom is -0.497 e. The van der Waals surface area contributed by atoms with E-state index in [-0.39, 0.29) is 5.56 Å². The predicted molar refractivity (Wildman–Crippen MR) is 63.6 cm³/mol. The molecule has 1 unspecified atom stereocenters. The van der Waals surface area contributed by atoms with Gasteiger partial charge in [-0.25, -0.2) is 0 Å². The summed E-state index contributed by atoms with van der Waals surface area (Å²) in [6.07, 6.45) is 0. The van der Waals surface area contributed by atoms with Crippen LogP contribution < -0.4 is 4.74 Å². The molecule has 92 valence electrons. The van der Waals surface area contributed by atoms with Gasteiger partial charge in [0.25, 0.3) is 5.24 Å². The molecule has 1 rings (SSSR count). The highest BCUT2D eigenvalue weighted by molar-refractivity contribution is 6.68. The molecule has 0 aliphatic heterocycles. The van der Waals surface area contributed by atoms with Gasteiger partial charge in [-0.05, 0) is 42.3 Å². The molecule has 0 heterocycles. The van der Waals surface area contributed by atoms with Crippen LogP contribution in [0.3, 0.4) is 0 Å². The summed E-state index contributed by atoms with van der Waals surface area (Å²) in [7, 11) is 2.80. The van der Waals surface area contributed by atoms with Crippen LogP contribution in [0.25, 0.3) is 0 Å². The van der Waals surface area contributed by atoms with Crippen molar-refractivity contribution in [2.75, 3.05) is 14.2 Å². The number of rotatable bonds is 4. The third-order valence-corrected chi connectivity index (χ3v) is 2.70. The van der Waals surface area contributed by atoms with Crippen LogP contribution in [0.4, 0.5) is 0 Å². The summed E-state index contributed by atoms with van der Waals surface area (Å²) in [6, 6.07) is 4.75. The Labute approximate surface area is 104 Å². The molecule has 1 atom stereocenters. The molecule has 0 amide bonds. The Morgan fingerprint density at radius 1 is 1.29 bits per heavy atom. The molecule has 0 N–H and O–H groups in total. The van der Waals surface area contributed by atoms with E-state index in [4.69, 9.17) is 16.3 Å². The maximum Gasteiger partial charge on any atom is 0.312 e. The molecule has 0 radical (unpaired) electrons. The van der Waals surface area contributed by atoms with Crippen molar-refractivity contribution in [1.82, 2.24) is 0 Å². The van der Waals surface area contributed by atoms with E-state index in [1.165, 1.54) is 20.3 Å². The summed E-state index contributed by atoms with van der Waals surface area (Å²) in [5.41, 5.74) is 0.779. The Balaban J connectivity index is 3.26. The third kappa shape index (κ3) is 2.97. The van der Waals surface area contributed by atoms with Gasteiger partial charge in [-0.3, -0.25) is 9.59 Å². The van der Waals surface area contributed by atoms with Crippen LogP contribution in [0.5, 0.6) is 5.75 Å². The van der Waals surface area contributed by atoms with Gasteiger partial charge in [0.2, 0.25) is 0 Å². The first-order valence-corrected chi connectivity index (χ1v) is 5.34. The summed E-state index contributed by atoms with van der Waals surface area (Å²) in [5.74, 6) is -0.456. The maximum atomic E-state index is 11.5. The number of ether oxygens (including phenoxy) is 2. The average Bonchev–Trinajstić information content (AvgIpc) is 2.35. The number of halogens is 1. The summed E-state index contributed by atoms with van der Waals surface area (Å²) < 4.78 is 9.69. The molecule has 0 saturated heterocycles. The third-order valence-electron chi connectivity index (χ3n) is 2.49. The van der Waals surface area contributed by atoms with Crippen molar-refractivity contribution in [3.63, 3.8) is 0 Å². The summed E-state index contributed by atoms with van der Waals surface area (Å²) >= 11 is 5.46. The lowest BCUT2D eigenvalue weighted by Crippen LogP contribution is -2.13. The van der Waals surface area contributed by atoms with Gasteiger partial charge in [-0.15, -0.1) is 0 Å². The number of hydrogen-bond acceptors (Lipinski definition) is 4. The van der Waals surface area contributed by atoms with Crippen LogP contribution in [-0.4, -0.2) is 25.4 Å². The number of carbonyl (C=O) groups excluding carboxylic acids is 2. The van der Waals surface area contributed by atoms with E-state index < -0.39 is 17.1 Å². The number of carbonyl (C=O) groups is 2. The molecule has 0 spiro atoms. The number of benzene rings is 1. The maximum absolute atomic E-state index is 11.5. The van der Waals surface area contributed by atoms with Crippen molar-refractivity contribution < 1.29 is 19.1 Å². The summed E-state index contributed by atoms with van der Waals surface area (Å²) in [5, 5.41) is -0.613. The van der Waals surface area contributed by atoms with Crippen molar-refractivity contribution in [1.29, 1.82) is 0 Å². The van der Waals surface area contributed by atoms with Gasteiger partial charge in [0, 0.05) is 5.56 Å². The second-order valence-corrected chi connectivity index (χ2v) is 3.82. The fourth-order valence-corrected chi connectivity index (χ4v) is 1.68. The first-order chi connectivity index (χ1) is 8.01. The Kier molecular flexibility index (Phi) is 4.52. The topological polar surface area (TPSA) is 52.6 Å². The van der Waals surface area contributed by atoms with Crippen molar-refractivity contribution in [2.24, 2.45) is 0 Å². The second-order valence-electron chi connectivity index (χ2n) is 3.47. The summed E-state index contributed by atoms with van der Waals surface area (Å²) in [6.45, 7) is 1.64. The normalized spacial score (nSPS) is 11.8. The number of hydrogen-bond donors (Lipinski definition) is 0. The molecule has 0 aliphatic rings. The van der Waals surface area contributed by atoms with E-state index >= 15 is 0 Å². The van der Waals surface area contributed by atoms with Crippen LogP contribution in [0.2, 0.25) is 0 Å². The highest BCUT2D eigenvalue weighted by atomic mass is 35.5. The SMILES string of the molecule is COC(=O)C(C)c1cc(OC)ccc1C(=O)Cl. The largest absolute Gasteiger partial charge is 0.497 e. The lowest BCUT2D eigenvalue weighted by Gasteiger charge is -2.13. The van der Waals surface area contributed by atoms with Gasteiger partial charge in [0.05, 0.1) is 20.1 Å². The Morgan fingerprint density at radius 3 is 2.41 bits per heavy atom. The first-order valence-electron chi connectivity index (χ1n) is 4.96. The molecular formula is C12H13ClO4. The van der Waals surface area contributed by atoms with Crippen LogP contribution in [0.15, 0.2) is 18.2 Å². The molecule has 0 aliphatic carbocycles. The van der Waals surface area contributed by atoms with Crippen LogP contribution in [-0.2, 0) is 9.53 Å². The molecule has 4 nitrogen and oxygen atoms in total. The Morgan fingerprint density at radius 2 is 1.94 bits per heavy atom. The van der Waals surface area contributed by atoms with Crippen molar-refractivity contribution in [2.45, 2.75) is 12.8 Å². The van der Waals surface area contributed by atoms with Gasteiger partial charge < -0.3 is 9.47 Å². The lowest BCUT2D eigenvalue weighted by molar-refractivity contribution is -0.141. The van der Waals surface area contributed by atoms with Crippen molar-refractivity contribution >= 4 is 22.8 Å². The number of esters is 1. The standard InChI is InChI=1S/C12H13ClO4/c1-7(12(15)17-3)10-6-8(16-2)4-5-9(10)11(13)14/h4-7H,1-3H3. The predicted octanol–water partition coefficient (Wildman–Crippen LogP) is 2.35. The molecule has 17 heavy (non-hydrogen) atoms. The lowest BCUT2D eigenvalue weighted by atomic mass is 9.96. The van der Waals surface area contributed by atoms with Gasteiger partial charge >= 0.3 is 5.97 Å². The zero-order valence-corrected chi connectivity index (χ0v) is 10.6. The van der Waals surface area contributed by atoms with E-state index in [2.05, 4.69) is 4.74 Å². The van der Waals surface area contributed by atoms with Gasteiger partial charge in [0.1, 0.15) is 5.75 Å². The highest BCUT2D eigenvalue weighted by Crippen LogP contribution is 2.27. The quantitative estimate of drug-likeness (QED) is 0.613. The first kappa shape index (κ1) is 13.5. The van der Waals surface area contributed by atoms with Gasteiger partial charge in [-0.1, -0.05) is 0 Å². The van der Waals surface area contributed by atoms with Crippen LogP contribution in [0.1, 0.15) is 28.8 Å². The van der Waals surface area contributed by atoms with E-state index in [0.29, 0.717) is 11.3 Å². The minimum absolute atomic E-state index is 0.283. The van der Waals surface area contributed by atoms with Crippen molar-refractivity contribution in [3.05, 3.63) is 29.3 Å². The Bertz CT molecular complexity index is 442. The Hall–Kier alpha value is -1.55. The van der Waals surface area contributed by atoms with E-state index in [9.17, 15) is 9.59 Å². The molecule has 0 fully saturated rings.